The van der Waals surface area contributed by atoms with Crippen molar-refractivity contribution in [3.05, 3.63) is 12.2 Å². The Morgan fingerprint density at radius 1 is 0.767 bits per heavy atom. The van der Waals surface area contributed by atoms with Crippen molar-refractivity contribution >= 4 is 5.97 Å². The van der Waals surface area contributed by atoms with Crippen molar-refractivity contribution in [3.63, 3.8) is 0 Å². The van der Waals surface area contributed by atoms with Gasteiger partial charge >= 0.3 is 5.97 Å². The van der Waals surface area contributed by atoms with Gasteiger partial charge in [-0.3, -0.25) is 4.79 Å². The molecule has 1 fully saturated rings. The van der Waals surface area contributed by atoms with Crippen LogP contribution in [0.4, 0.5) is 0 Å². The number of methoxy groups -OCH3 is 1. The van der Waals surface area contributed by atoms with Crippen LogP contribution in [0.5, 0.6) is 0 Å². The molecule has 0 aliphatic carbocycles. The van der Waals surface area contributed by atoms with Gasteiger partial charge in [0, 0.05) is 20.1 Å². The van der Waals surface area contributed by atoms with Crippen molar-refractivity contribution in [2.75, 3.05) is 20.3 Å². The molecule has 3 N–H and O–H groups in total. The first-order valence-corrected chi connectivity index (χ1v) is 17.6. The summed E-state index contributed by atoms with van der Waals surface area (Å²) in [5, 5.41) is 30.9. The zero-order valence-corrected chi connectivity index (χ0v) is 27.8. The quantitative estimate of drug-likeness (QED) is 0.0483. The number of hydrogen-bond donors (Lipinski definition) is 3. The molecule has 0 bridgehead atoms. The van der Waals surface area contributed by atoms with E-state index in [0.717, 1.165) is 32.1 Å². The highest BCUT2D eigenvalue weighted by Gasteiger charge is 2.47. The number of aliphatic hydroxyl groups is 3. The first kappa shape index (κ1) is 40.0. The third-order valence-corrected chi connectivity index (χ3v) is 8.44. The summed E-state index contributed by atoms with van der Waals surface area (Å²) in [6.45, 7) is 4.23. The minimum absolute atomic E-state index is 0.0279. The van der Waals surface area contributed by atoms with Gasteiger partial charge < -0.3 is 34.3 Å². The van der Waals surface area contributed by atoms with E-state index in [-0.39, 0.29) is 19.1 Å². The van der Waals surface area contributed by atoms with E-state index in [1.54, 1.807) is 7.11 Å². The molecule has 0 saturated carbocycles. The lowest BCUT2D eigenvalue weighted by Gasteiger charge is -2.41. The van der Waals surface area contributed by atoms with Gasteiger partial charge in [0.05, 0.1) is 12.7 Å². The molecule has 0 aromatic rings. The normalized spacial score (nSPS) is 23.2. The fraction of sp³-hybridized carbons (Fsp3) is 0.914. The van der Waals surface area contributed by atoms with Gasteiger partial charge in [0.25, 0.3) is 0 Å². The van der Waals surface area contributed by atoms with E-state index in [2.05, 4.69) is 26.0 Å². The first-order valence-electron chi connectivity index (χ1n) is 17.6. The van der Waals surface area contributed by atoms with Gasteiger partial charge in [-0.15, -0.1) is 0 Å². The molecule has 6 atom stereocenters. The first-order chi connectivity index (χ1) is 21.0. The monoisotopic (exact) mass is 614 g/mol. The molecule has 0 spiro atoms. The van der Waals surface area contributed by atoms with Crippen molar-refractivity contribution in [1.82, 2.24) is 0 Å². The molecular weight excluding hydrogens is 548 g/mol. The van der Waals surface area contributed by atoms with Gasteiger partial charge in [0.1, 0.15) is 18.3 Å². The van der Waals surface area contributed by atoms with Gasteiger partial charge in [-0.1, -0.05) is 109 Å². The predicted molar refractivity (Wildman–Crippen MR) is 172 cm³/mol. The van der Waals surface area contributed by atoms with Crippen LogP contribution in [0.15, 0.2) is 12.2 Å². The number of carbonyl (C=O) groups is 1. The molecule has 1 unspecified atom stereocenters. The third kappa shape index (κ3) is 19.2. The molecule has 0 amide bonds. The summed E-state index contributed by atoms with van der Waals surface area (Å²) < 4.78 is 22.5. The fourth-order valence-electron chi connectivity index (χ4n) is 5.62. The molecule has 43 heavy (non-hydrogen) atoms. The lowest BCUT2D eigenvalue weighted by molar-refractivity contribution is -0.298. The van der Waals surface area contributed by atoms with Crippen molar-refractivity contribution in [2.24, 2.45) is 0 Å². The SMILES string of the molecule is CCCCCCC=CCCCCCCCCCC(=O)O[C@H]1C(O)O[C@H](CO)[C@@H](O)[C@@H]1OCC[C@@H](CCCCCCC)OC. The van der Waals surface area contributed by atoms with Crippen LogP contribution in [0, 0.1) is 0 Å². The van der Waals surface area contributed by atoms with Crippen LogP contribution >= 0.6 is 0 Å². The van der Waals surface area contributed by atoms with E-state index in [9.17, 15) is 20.1 Å². The van der Waals surface area contributed by atoms with Crippen molar-refractivity contribution in [2.45, 2.75) is 185 Å². The van der Waals surface area contributed by atoms with E-state index < -0.39 is 43.3 Å². The molecule has 1 rings (SSSR count). The summed E-state index contributed by atoms with van der Waals surface area (Å²) >= 11 is 0. The Morgan fingerprint density at radius 3 is 1.93 bits per heavy atom. The molecule has 254 valence electrons. The van der Waals surface area contributed by atoms with Gasteiger partial charge in [-0.2, -0.15) is 0 Å². The molecule has 1 saturated heterocycles. The average Bonchev–Trinajstić information content (AvgIpc) is 3.00. The van der Waals surface area contributed by atoms with E-state index in [1.807, 2.05) is 0 Å². The number of rotatable bonds is 28. The lowest BCUT2D eigenvalue weighted by atomic mass is 9.98. The van der Waals surface area contributed by atoms with Gasteiger partial charge in [-0.25, -0.2) is 0 Å². The summed E-state index contributed by atoms with van der Waals surface area (Å²) in [4.78, 5) is 12.6. The molecule has 0 aromatic carbocycles. The maximum atomic E-state index is 12.6. The van der Waals surface area contributed by atoms with Crippen LogP contribution in [0.2, 0.25) is 0 Å². The molecule has 1 heterocycles. The molecule has 8 nitrogen and oxygen atoms in total. The Bertz CT molecular complexity index is 672. The number of esters is 1. The number of ether oxygens (including phenoxy) is 4. The summed E-state index contributed by atoms with van der Waals surface area (Å²) in [6.07, 6.45) is 21.8. The summed E-state index contributed by atoms with van der Waals surface area (Å²) in [5.41, 5.74) is 0. The minimum atomic E-state index is -1.48. The van der Waals surface area contributed by atoms with Crippen molar-refractivity contribution in [1.29, 1.82) is 0 Å². The molecule has 8 heteroatoms. The Labute approximate surface area is 262 Å². The second-order valence-electron chi connectivity index (χ2n) is 12.2. The predicted octanol–water partition coefficient (Wildman–Crippen LogP) is 7.16. The molecule has 0 radical (unpaired) electrons. The highest BCUT2D eigenvalue weighted by atomic mass is 16.7. The Morgan fingerprint density at radius 2 is 1.33 bits per heavy atom. The van der Waals surface area contributed by atoms with Crippen molar-refractivity contribution < 1.29 is 39.1 Å². The zero-order chi connectivity index (χ0) is 31.5. The van der Waals surface area contributed by atoms with E-state index in [4.69, 9.17) is 18.9 Å². The summed E-state index contributed by atoms with van der Waals surface area (Å²) in [7, 11) is 1.69. The van der Waals surface area contributed by atoms with Crippen molar-refractivity contribution in [3.8, 4) is 0 Å². The second kappa shape index (κ2) is 27.3. The molecular formula is C35H66O8. The largest absolute Gasteiger partial charge is 0.454 e. The number of aliphatic hydroxyl groups excluding tert-OH is 3. The maximum Gasteiger partial charge on any atom is 0.306 e. The smallest absolute Gasteiger partial charge is 0.306 e. The van der Waals surface area contributed by atoms with Crippen LogP contribution in [0.3, 0.4) is 0 Å². The zero-order valence-electron chi connectivity index (χ0n) is 27.8. The summed E-state index contributed by atoms with van der Waals surface area (Å²) in [5.74, 6) is -0.445. The van der Waals surface area contributed by atoms with E-state index >= 15 is 0 Å². The number of carbonyl (C=O) groups excluding carboxylic acids is 1. The highest BCUT2D eigenvalue weighted by molar-refractivity contribution is 5.69. The van der Waals surface area contributed by atoms with Crippen LogP contribution in [-0.4, -0.2) is 78.4 Å². The number of allylic oxidation sites excluding steroid dienone is 2. The average molecular weight is 615 g/mol. The van der Waals surface area contributed by atoms with Gasteiger partial charge in [0.2, 0.25) is 0 Å². The van der Waals surface area contributed by atoms with Crippen LogP contribution in [-0.2, 0) is 23.7 Å². The molecule has 0 aromatic heterocycles. The maximum absolute atomic E-state index is 12.6. The van der Waals surface area contributed by atoms with Crippen LogP contribution in [0.25, 0.3) is 0 Å². The van der Waals surface area contributed by atoms with Crippen LogP contribution in [0.1, 0.15) is 149 Å². The Hall–Kier alpha value is -1.03. The van der Waals surface area contributed by atoms with E-state index in [1.165, 1.54) is 83.5 Å². The Balaban J connectivity index is 2.31. The number of unbranched alkanes of at least 4 members (excludes halogenated alkanes) is 15. The fourth-order valence-corrected chi connectivity index (χ4v) is 5.62. The minimum Gasteiger partial charge on any atom is -0.454 e. The topological polar surface area (TPSA) is 115 Å². The highest BCUT2D eigenvalue weighted by Crippen LogP contribution is 2.26. The van der Waals surface area contributed by atoms with E-state index in [0.29, 0.717) is 12.8 Å². The van der Waals surface area contributed by atoms with Gasteiger partial charge in [0.15, 0.2) is 12.4 Å². The lowest BCUT2D eigenvalue weighted by Crippen LogP contribution is -2.60. The van der Waals surface area contributed by atoms with Gasteiger partial charge in [-0.05, 0) is 44.9 Å². The Kier molecular flexibility index (Phi) is 25.4. The number of hydrogen-bond acceptors (Lipinski definition) is 8. The third-order valence-electron chi connectivity index (χ3n) is 8.44. The second-order valence-corrected chi connectivity index (χ2v) is 12.2. The standard InChI is InChI=1S/C35H66O8/c1-4-6-8-10-11-12-13-14-15-16-17-18-19-21-23-25-31(37)43-34-33(32(38)30(28-36)42-35(34)39)41-27-26-29(40-3)24-22-20-9-7-5-2/h12-13,29-30,32-36,38-39H,4-11,14-28H2,1-3H3/t29-,30-,32-,33+,34-,35?/m1/s1. The molecule has 1 aliphatic heterocycles. The van der Waals surface area contributed by atoms with Crippen LogP contribution < -0.4 is 0 Å². The molecule has 1 aliphatic rings. The summed E-state index contributed by atoms with van der Waals surface area (Å²) in [6, 6.07) is 0.